The molecule has 3 atom stereocenters. The van der Waals surface area contributed by atoms with Gasteiger partial charge in [-0.25, -0.2) is 8.42 Å². The van der Waals surface area contributed by atoms with Gasteiger partial charge in [-0.15, -0.1) is 0 Å². The average molecular weight is 318 g/mol. The van der Waals surface area contributed by atoms with Crippen molar-refractivity contribution in [2.75, 3.05) is 12.8 Å². The standard InChI is InChI=1S/C13H22N2O5S/c1-21(19,20)15-8-4-7-11(15)12(16)14-10-6-3-2-5-9(10)13(17)18/h9-11H,2-8H2,1H3,(H,14,16)(H,17,18). The molecule has 0 aromatic rings. The molecule has 1 saturated carbocycles. The summed E-state index contributed by atoms with van der Waals surface area (Å²) in [7, 11) is -3.41. The first-order valence-electron chi connectivity index (χ1n) is 7.30. The minimum absolute atomic E-state index is 0.351. The van der Waals surface area contributed by atoms with E-state index in [0.29, 0.717) is 32.2 Å². The Hall–Kier alpha value is -1.15. The van der Waals surface area contributed by atoms with E-state index in [1.165, 1.54) is 4.31 Å². The third-order valence-corrected chi connectivity index (χ3v) is 5.63. The Morgan fingerprint density at radius 1 is 1.14 bits per heavy atom. The van der Waals surface area contributed by atoms with Crippen LogP contribution in [0.2, 0.25) is 0 Å². The highest BCUT2D eigenvalue weighted by molar-refractivity contribution is 7.88. The lowest BCUT2D eigenvalue weighted by Gasteiger charge is -2.31. The second-order valence-electron chi connectivity index (χ2n) is 5.88. The van der Waals surface area contributed by atoms with Crippen LogP contribution in [0.15, 0.2) is 0 Å². The Balaban J connectivity index is 2.04. The maximum atomic E-state index is 12.3. The number of carboxylic acids is 1. The molecule has 2 fully saturated rings. The molecule has 2 N–H and O–H groups in total. The van der Waals surface area contributed by atoms with E-state index in [0.717, 1.165) is 19.1 Å². The van der Waals surface area contributed by atoms with Gasteiger partial charge in [-0.2, -0.15) is 4.31 Å². The van der Waals surface area contributed by atoms with Crippen LogP contribution in [0.25, 0.3) is 0 Å². The fourth-order valence-electron chi connectivity index (χ4n) is 3.28. The smallest absolute Gasteiger partial charge is 0.308 e. The summed E-state index contributed by atoms with van der Waals surface area (Å²) in [5, 5.41) is 12.0. The number of sulfonamides is 1. The van der Waals surface area contributed by atoms with E-state index in [2.05, 4.69) is 5.32 Å². The van der Waals surface area contributed by atoms with Gasteiger partial charge in [-0.1, -0.05) is 12.8 Å². The molecule has 0 aromatic carbocycles. The van der Waals surface area contributed by atoms with Gasteiger partial charge in [0.2, 0.25) is 15.9 Å². The summed E-state index contributed by atoms with van der Waals surface area (Å²) in [6.07, 6.45) is 5.16. The Morgan fingerprint density at radius 2 is 1.81 bits per heavy atom. The average Bonchev–Trinajstić information content (AvgIpc) is 2.88. The molecule has 1 saturated heterocycles. The van der Waals surface area contributed by atoms with E-state index in [-0.39, 0.29) is 5.91 Å². The van der Waals surface area contributed by atoms with Gasteiger partial charge < -0.3 is 10.4 Å². The predicted molar refractivity (Wildman–Crippen MR) is 76.1 cm³/mol. The van der Waals surface area contributed by atoms with Crippen LogP contribution in [-0.2, 0) is 19.6 Å². The zero-order valence-electron chi connectivity index (χ0n) is 12.1. The van der Waals surface area contributed by atoms with Crippen LogP contribution in [0, 0.1) is 5.92 Å². The Morgan fingerprint density at radius 3 is 2.43 bits per heavy atom. The Kier molecular flexibility index (Phi) is 4.88. The summed E-state index contributed by atoms with van der Waals surface area (Å²) in [5.74, 6) is -1.83. The third kappa shape index (κ3) is 3.74. The summed E-state index contributed by atoms with van der Waals surface area (Å²) in [5.41, 5.74) is 0. The van der Waals surface area contributed by atoms with Crippen molar-refractivity contribution in [1.82, 2.24) is 9.62 Å². The van der Waals surface area contributed by atoms with Gasteiger partial charge in [0, 0.05) is 12.6 Å². The molecule has 8 heteroatoms. The second-order valence-corrected chi connectivity index (χ2v) is 7.81. The molecule has 1 heterocycles. The van der Waals surface area contributed by atoms with Gasteiger partial charge in [0.25, 0.3) is 0 Å². The molecule has 2 rings (SSSR count). The zero-order chi connectivity index (χ0) is 15.6. The van der Waals surface area contributed by atoms with Crippen molar-refractivity contribution in [2.24, 2.45) is 5.92 Å². The number of amides is 1. The normalized spacial score (nSPS) is 31.0. The van der Waals surface area contributed by atoms with E-state index in [9.17, 15) is 23.1 Å². The fraction of sp³-hybridized carbons (Fsp3) is 0.846. The largest absolute Gasteiger partial charge is 0.481 e. The molecule has 1 aliphatic carbocycles. The van der Waals surface area contributed by atoms with Crippen molar-refractivity contribution in [3.05, 3.63) is 0 Å². The number of hydrogen-bond donors (Lipinski definition) is 2. The molecular weight excluding hydrogens is 296 g/mol. The zero-order valence-corrected chi connectivity index (χ0v) is 12.9. The molecule has 3 unspecified atom stereocenters. The van der Waals surface area contributed by atoms with Crippen molar-refractivity contribution in [1.29, 1.82) is 0 Å². The monoisotopic (exact) mass is 318 g/mol. The van der Waals surface area contributed by atoms with E-state index in [1.54, 1.807) is 0 Å². The van der Waals surface area contributed by atoms with Crippen molar-refractivity contribution < 1.29 is 23.1 Å². The van der Waals surface area contributed by atoms with Gasteiger partial charge in [-0.3, -0.25) is 9.59 Å². The minimum atomic E-state index is -3.41. The lowest BCUT2D eigenvalue weighted by Crippen LogP contribution is -2.52. The SMILES string of the molecule is CS(=O)(=O)N1CCCC1C(=O)NC1CCCCC1C(=O)O. The van der Waals surface area contributed by atoms with Crippen LogP contribution < -0.4 is 5.32 Å². The topological polar surface area (TPSA) is 104 Å². The molecule has 120 valence electrons. The molecular formula is C13H22N2O5S. The number of carbonyl (C=O) groups is 2. The predicted octanol–water partition coefficient (Wildman–Crippen LogP) is 0.170. The van der Waals surface area contributed by atoms with Crippen molar-refractivity contribution in [3.8, 4) is 0 Å². The summed E-state index contributed by atoms with van der Waals surface area (Å²) in [6, 6.07) is -1.10. The van der Waals surface area contributed by atoms with Gasteiger partial charge in [0.05, 0.1) is 12.2 Å². The maximum absolute atomic E-state index is 12.3. The first-order valence-corrected chi connectivity index (χ1v) is 9.15. The van der Waals surface area contributed by atoms with Crippen LogP contribution in [0.4, 0.5) is 0 Å². The van der Waals surface area contributed by atoms with E-state index >= 15 is 0 Å². The maximum Gasteiger partial charge on any atom is 0.308 e. The first-order chi connectivity index (χ1) is 9.80. The summed E-state index contributed by atoms with van der Waals surface area (Å²) in [4.78, 5) is 23.6. The summed E-state index contributed by atoms with van der Waals surface area (Å²) < 4.78 is 24.5. The molecule has 1 amide bonds. The summed E-state index contributed by atoms with van der Waals surface area (Å²) >= 11 is 0. The van der Waals surface area contributed by atoms with Crippen molar-refractivity contribution in [3.63, 3.8) is 0 Å². The molecule has 0 bridgehead atoms. The van der Waals surface area contributed by atoms with Crippen LogP contribution >= 0.6 is 0 Å². The highest BCUT2D eigenvalue weighted by atomic mass is 32.2. The number of hydrogen-bond acceptors (Lipinski definition) is 4. The van der Waals surface area contributed by atoms with E-state index < -0.39 is 34.0 Å². The number of nitrogens with one attached hydrogen (secondary N) is 1. The Labute approximate surface area is 124 Å². The minimum Gasteiger partial charge on any atom is -0.481 e. The number of carboxylic acid groups (broad SMARTS) is 1. The lowest BCUT2D eigenvalue weighted by molar-refractivity contribution is -0.144. The molecule has 1 aliphatic heterocycles. The third-order valence-electron chi connectivity index (χ3n) is 4.34. The molecule has 21 heavy (non-hydrogen) atoms. The molecule has 0 radical (unpaired) electrons. The highest BCUT2D eigenvalue weighted by Gasteiger charge is 2.39. The lowest BCUT2D eigenvalue weighted by atomic mass is 9.84. The molecule has 0 spiro atoms. The molecule has 0 aromatic heterocycles. The molecule has 7 nitrogen and oxygen atoms in total. The van der Waals surface area contributed by atoms with Crippen LogP contribution in [0.5, 0.6) is 0 Å². The van der Waals surface area contributed by atoms with Gasteiger partial charge in [0.1, 0.15) is 6.04 Å². The van der Waals surface area contributed by atoms with Crippen LogP contribution in [-0.4, -0.2) is 54.6 Å². The fourth-order valence-corrected chi connectivity index (χ4v) is 4.40. The highest BCUT2D eigenvalue weighted by Crippen LogP contribution is 2.26. The van der Waals surface area contributed by atoms with Gasteiger partial charge in [0.15, 0.2) is 0 Å². The number of rotatable bonds is 4. The van der Waals surface area contributed by atoms with Crippen LogP contribution in [0.3, 0.4) is 0 Å². The van der Waals surface area contributed by atoms with E-state index in [1.807, 2.05) is 0 Å². The number of nitrogens with zero attached hydrogens (tertiary/aromatic N) is 1. The van der Waals surface area contributed by atoms with Crippen molar-refractivity contribution >= 4 is 21.9 Å². The van der Waals surface area contributed by atoms with Crippen molar-refractivity contribution in [2.45, 2.75) is 50.6 Å². The van der Waals surface area contributed by atoms with Crippen LogP contribution in [0.1, 0.15) is 38.5 Å². The quantitative estimate of drug-likeness (QED) is 0.769. The Bertz CT molecular complexity index is 519. The first kappa shape index (κ1) is 16.2. The number of aliphatic carboxylic acids is 1. The summed E-state index contributed by atoms with van der Waals surface area (Å²) in [6.45, 7) is 0.351. The number of carbonyl (C=O) groups excluding carboxylic acids is 1. The molecule has 2 aliphatic rings. The van der Waals surface area contributed by atoms with E-state index in [4.69, 9.17) is 0 Å². The van der Waals surface area contributed by atoms with Gasteiger partial charge in [-0.05, 0) is 25.7 Å². The second kappa shape index (κ2) is 6.31. The van der Waals surface area contributed by atoms with Gasteiger partial charge >= 0.3 is 5.97 Å².